The average Bonchev–Trinajstić information content (AvgIpc) is 3.04. The van der Waals surface area contributed by atoms with Crippen molar-refractivity contribution in [2.45, 2.75) is 26.7 Å². The molecule has 1 unspecified atom stereocenters. The quantitative estimate of drug-likeness (QED) is 0.715. The summed E-state index contributed by atoms with van der Waals surface area (Å²) >= 11 is 0. The highest BCUT2D eigenvalue weighted by Crippen LogP contribution is 2.25. The van der Waals surface area contributed by atoms with E-state index in [1.165, 1.54) is 25.0 Å². The van der Waals surface area contributed by atoms with Crippen LogP contribution in [-0.4, -0.2) is 32.8 Å². The van der Waals surface area contributed by atoms with Gasteiger partial charge in [-0.15, -0.1) is 0 Å². The summed E-state index contributed by atoms with van der Waals surface area (Å²) in [5, 5.41) is 4.56. The van der Waals surface area contributed by atoms with E-state index < -0.39 is 0 Å². The van der Waals surface area contributed by atoms with Crippen molar-refractivity contribution in [2.75, 3.05) is 18.0 Å². The Labute approximate surface area is 152 Å². The van der Waals surface area contributed by atoms with E-state index in [1.807, 2.05) is 25.4 Å². The number of nitrogens with zero attached hydrogens (tertiary/aromatic N) is 5. The number of hydrogen-bond acceptors (Lipinski definition) is 4. The predicted molar refractivity (Wildman–Crippen MR) is 99.9 cm³/mol. The summed E-state index contributed by atoms with van der Waals surface area (Å²) in [7, 11) is 0. The van der Waals surface area contributed by atoms with E-state index in [4.69, 9.17) is 4.98 Å². The van der Waals surface area contributed by atoms with Crippen LogP contribution in [0.3, 0.4) is 0 Å². The summed E-state index contributed by atoms with van der Waals surface area (Å²) in [5.41, 5.74) is 3.52. The summed E-state index contributed by atoms with van der Waals surface area (Å²) in [6.07, 6.45) is 6.19. The molecule has 26 heavy (non-hydrogen) atoms. The number of anilines is 1. The topological polar surface area (TPSA) is 46.8 Å². The number of aryl methyl sites for hydroxylation is 1. The van der Waals surface area contributed by atoms with Crippen LogP contribution in [0.25, 0.3) is 16.9 Å². The molecule has 3 heterocycles. The Hall–Kier alpha value is -2.76. The van der Waals surface area contributed by atoms with Crippen molar-refractivity contribution in [1.29, 1.82) is 0 Å². The van der Waals surface area contributed by atoms with Gasteiger partial charge in [0.15, 0.2) is 0 Å². The molecule has 0 N–H and O–H groups in total. The first-order chi connectivity index (χ1) is 12.6. The molecule has 0 aliphatic carbocycles. The summed E-state index contributed by atoms with van der Waals surface area (Å²) in [5.74, 6) is 1.19. The predicted octanol–water partition coefficient (Wildman–Crippen LogP) is 4.01. The van der Waals surface area contributed by atoms with Crippen molar-refractivity contribution in [1.82, 2.24) is 19.7 Å². The summed E-state index contributed by atoms with van der Waals surface area (Å²) in [6, 6.07) is 8.21. The Bertz CT molecular complexity index is 903. The second-order valence-corrected chi connectivity index (χ2v) is 6.98. The first-order valence-corrected chi connectivity index (χ1v) is 9.01. The lowest BCUT2D eigenvalue weighted by molar-refractivity contribution is 0.442. The van der Waals surface area contributed by atoms with Gasteiger partial charge < -0.3 is 4.90 Å². The minimum Gasteiger partial charge on any atom is -0.341 e. The molecule has 0 spiro atoms. The van der Waals surface area contributed by atoms with Crippen molar-refractivity contribution in [3.63, 3.8) is 0 Å². The SMILES string of the molecule is Cc1nn(-c2ccc(F)cc2)cc1-c1ccnc(N2CCCC(C)C2)n1. The summed E-state index contributed by atoms with van der Waals surface area (Å²) in [4.78, 5) is 11.5. The van der Waals surface area contributed by atoms with Gasteiger partial charge in [-0.1, -0.05) is 6.92 Å². The molecule has 1 aliphatic rings. The van der Waals surface area contributed by atoms with Gasteiger partial charge >= 0.3 is 0 Å². The van der Waals surface area contributed by atoms with Gasteiger partial charge in [0.25, 0.3) is 0 Å². The van der Waals surface area contributed by atoms with Gasteiger partial charge in [-0.25, -0.2) is 19.0 Å². The molecular formula is C20H22FN5. The molecule has 0 saturated carbocycles. The average molecular weight is 351 g/mol. The van der Waals surface area contributed by atoms with Crippen LogP contribution in [0.15, 0.2) is 42.7 Å². The molecule has 1 fully saturated rings. The van der Waals surface area contributed by atoms with Crippen molar-refractivity contribution in [3.05, 3.63) is 54.2 Å². The standard InChI is InChI=1S/C20H22FN5/c1-14-4-3-11-25(12-14)20-22-10-9-19(23-20)18-13-26(24-15(18)2)17-7-5-16(21)6-8-17/h5-10,13-14H,3-4,11-12H2,1-2H3. The third kappa shape index (κ3) is 3.31. The molecule has 134 valence electrons. The maximum Gasteiger partial charge on any atom is 0.225 e. The van der Waals surface area contributed by atoms with E-state index in [0.29, 0.717) is 5.92 Å². The number of benzene rings is 1. The minimum absolute atomic E-state index is 0.256. The zero-order valence-corrected chi connectivity index (χ0v) is 15.1. The monoisotopic (exact) mass is 351 g/mol. The fourth-order valence-corrected chi connectivity index (χ4v) is 3.46. The third-order valence-corrected chi connectivity index (χ3v) is 4.85. The van der Waals surface area contributed by atoms with Crippen LogP contribution >= 0.6 is 0 Å². The molecule has 1 saturated heterocycles. The van der Waals surface area contributed by atoms with Gasteiger partial charge in [0.1, 0.15) is 5.82 Å². The van der Waals surface area contributed by atoms with Crippen molar-refractivity contribution in [3.8, 4) is 16.9 Å². The molecular weight excluding hydrogens is 329 g/mol. The van der Waals surface area contributed by atoms with Crippen molar-refractivity contribution in [2.24, 2.45) is 5.92 Å². The van der Waals surface area contributed by atoms with E-state index in [2.05, 4.69) is 21.9 Å². The molecule has 4 rings (SSSR count). The highest BCUT2D eigenvalue weighted by molar-refractivity contribution is 5.62. The fraction of sp³-hybridized carbons (Fsp3) is 0.350. The van der Waals surface area contributed by atoms with E-state index in [1.54, 1.807) is 16.8 Å². The van der Waals surface area contributed by atoms with Crippen LogP contribution in [0.4, 0.5) is 10.3 Å². The smallest absolute Gasteiger partial charge is 0.225 e. The van der Waals surface area contributed by atoms with Crippen LogP contribution in [0.1, 0.15) is 25.5 Å². The molecule has 1 atom stereocenters. The Morgan fingerprint density at radius 3 is 2.73 bits per heavy atom. The second kappa shape index (κ2) is 6.86. The van der Waals surface area contributed by atoms with Crippen molar-refractivity contribution >= 4 is 5.95 Å². The first kappa shape index (κ1) is 16.7. The summed E-state index contributed by atoms with van der Waals surface area (Å²) in [6.45, 7) is 6.23. The lowest BCUT2D eigenvalue weighted by atomic mass is 10.0. The molecule has 5 nitrogen and oxygen atoms in total. The summed E-state index contributed by atoms with van der Waals surface area (Å²) < 4.78 is 14.9. The number of piperidine rings is 1. The van der Waals surface area contributed by atoms with Gasteiger partial charge in [-0.2, -0.15) is 5.10 Å². The van der Waals surface area contributed by atoms with Gasteiger partial charge in [0.2, 0.25) is 5.95 Å². The number of halogens is 1. The molecule has 0 radical (unpaired) electrons. The maximum absolute atomic E-state index is 13.1. The van der Waals surface area contributed by atoms with Gasteiger partial charge in [0, 0.05) is 31.0 Å². The van der Waals surface area contributed by atoms with Gasteiger partial charge in [-0.3, -0.25) is 0 Å². The van der Waals surface area contributed by atoms with Crippen LogP contribution in [-0.2, 0) is 0 Å². The second-order valence-electron chi connectivity index (χ2n) is 6.98. The van der Waals surface area contributed by atoms with E-state index in [-0.39, 0.29) is 5.82 Å². The number of rotatable bonds is 3. The molecule has 6 heteroatoms. The molecule has 0 amide bonds. The van der Waals surface area contributed by atoms with Crippen LogP contribution in [0, 0.1) is 18.7 Å². The lowest BCUT2D eigenvalue weighted by Crippen LogP contribution is -2.35. The van der Waals surface area contributed by atoms with Crippen molar-refractivity contribution < 1.29 is 4.39 Å². The highest BCUT2D eigenvalue weighted by atomic mass is 19.1. The Balaban J connectivity index is 1.65. The largest absolute Gasteiger partial charge is 0.341 e. The van der Waals surface area contributed by atoms with Crippen LogP contribution in [0.5, 0.6) is 0 Å². The zero-order valence-electron chi connectivity index (χ0n) is 15.1. The van der Waals surface area contributed by atoms with Gasteiger partial charge in [0.05, 0.1) is 17.1 Å². The lowest BCUT2D eigenvalue weighted by Gasteiger charge is -2.30. The Kier molecular flexibility index (Phi) is 4.41. The molecule has 2 aromatic heterocycles. The Morgan fingerprint density at radius 2 is 1.96 bits per heavy atom. The minimum atomic E-state index is -0.256. The molecule has 0 bridgehead atoms. The van der Waals surface area contributed by atoms with Crippen LogP contribution in [0.2, 0.25) is 0 Å². The molecule has 3 aromatic rings. The highest BCUT2D eigenvalue weighted by Gasteiger charge is 2.19. The first-order valence-electron chi connectivity index (χ1n) is 9.01. The van der Waals surface area contributed by atoms with E-state index in [0.717, 1.165) is 41.7 Å². The molecule has 1 aliphatic heterocycles. The Morgan fingerprint density at radius 1 is 1.15 bits per heavy atom. The fourth-order valence-electron chi connectivity index (χ4n) is 3.46. The van der Waals surface area contributed by atoms with Gasteiger partial charge in [-0.05, 0) is 56.0 Å². The van der Waals surface area contributed by atoms with E-state index in [9.17, 15) is 4.39 Å². The maximum atomic E-state index is 13.1. The third-order valence-electron chi connectivity index (χ3n) is 4.85. The normalized spacial score (nSPS) is 17.5. The van der Waals surface area contributed by atoms with E-state index >= 15 is 0 Å². The zero-order chi connectivity index (χ0) is 18.1. The molecule has 1 aromatic carbocycles. The number of aromatic nitrogens is 4. The van der Waals surface area contributed by atoms with Crippen LogP contribution < -0.4 is 4.90 Å². The number of hydrogen-bond donors (Lipinski definition) is 0.